The maximum atomic E-state index is 12.0. The van der Waals surface area contributed by atoms with Gasteiger partial charge in [0.15, 0.2) is 0 Å². The molecule has 0 atom stereocenters. The van der Waals surface area contributed by atoms with Gasteiger partial charge < -0.3 is 14.2 Å². The Morgan fingerprint density at radius 3 is 0.886 bits per heavy atom. The van der Waals surface area contributed by atoms with Gasteiger partial charge in [-0.05, 0) is 239 Å². The van der Waals surface area contributed by atoms with Gasteiger partial charge in [0, 0.05) is 0 Å². The highest BCUT2D eigenvalue weighted by atomic mass is 16.7. The average Bonchev–Trinajstić information content (AvgIpc) is 3.44. The second-order valence-corrected chi connectivity index (χ2v) is 28.9. The number of ether oxygens (including phenoxy) is 3. The van der Waals surface area contributed by atoms with Gasteiger partial charge in [0.2, 0.25) is 0 Å². The summed E-state index contributed by atoms with van der Waals surface area (Å²) < 4.78 is 17.4. The first-order valence-corrected chi connectivity index (χ1v) is 34.0. The zero-order valence-electron chi connectivity index (χ0n) is 53.3. The van der Waals surface area contributed by atoms with Gasteiger partial charge >= 0.3 is 5.97 Å². The van der Waals surface area contributed by atoms with E-state index in [0.29, 0.717) is 19.0 Å². The number of carbonyl (C=O) groups excluding carboxylic acids is 1. The Kier molecular flexibility index (Phi) is 33.9. The van der Waals surface area contributed by atoms with E-state index in [1.807, 2.05) is 0 Å². The Labute approximate surface area is 491 Å². The number of carbonyl (C=O) groups is 1. The van der Waals surface area contributed by atoms with Crippen LogP contribution in [0.25, 0.3) is 0 Å². The minimum absolute atomic E-state index is 0. The van der Waals surface area contributed by atoms with E-state index in [0.717, 1.165) is 96.7 Å². The van der Waals surface area contributed by atoms with E-state index >= 15 is 0 Å². The van der Waals surface area contributed by atoms with Crippen LogP contribution in [0, 0.1) is 91.8 Å². The van der Waals surface area contributed by atoms with Crippen LogP contribution < -0.4 is 0 Å². The van der Waals surface area contributed by atoms with Crippen molar-refractivity contribution in [2.45, 2.75) is 320 Å². The monoisotopic (exact) mass is 1090 g/mol. The quantitative estimate of drug-likeness (QED) is 0.195. The smallest absolute Gasteiger partial charge is 0.309 e. The van der Waals surface area contributed by atoms with Crippen molar-refractivity contribution >= 4 is 5.97 Å². The topological polar surface area (TPSA) is 44.8 Å². The van der Waals surface area contributed by atoms with E-state index in [9.17, 15) is 4.79 Å². The number of hydrogen-bond acceptors (Lipinski definition) is 4. The van der Waals surface area contributed by atoms with Gasteiger partial charge in [-0.25, -0.2) is 0 Å². The van der Waals surface area contributed by atoms with Gasteiger partial charge in [-0.15, -0.1) is 0 Å². The Morgan fingerprint density at radius 1 is 0.329 bits per heavy atom. The molecule has 0 aromatic heterocycles. The van der Waals surface area contributed by atoms with Crippen LogP contribution in [0.2, 0.25) is 0 Å². The third-order valence-corrected chi connectivity index (χ3v) is 21.0. The van der Waals surface area contributed by atoms with Crippen molar-refractivity contribution in [3.8, 4) is 0 Å². The largest absolute Gasteiger partial charge is 0.462 e. The van der Waals surface area contributed by atoms with Crippen LogP contribution in [0.3, 0.4) is 0 Å². The predicted octanol–water partition coefficient (Wildman–Crippen LogP) is 22.8. The van der Waals surface area contributed by atoms with E-state index < -0.39 is 0 Å². The number of esters is 1. The molecule has 79 heavy (non-hydrogen) atoms. The lowest BCUT2D eigenvalue weighted by Crippen LogP contribution is -2.29. The Hall–Kier alpha value is -2.17. The summed E-state index contributed by atoms with van der Waals surface area (Å²) in [7, 11) is 0. The SMILES string of the molecule is C.CC1CCC(C)CC1.CC1CCC(C2CCC(C)CC2)CC1.CC1CCC(OC(=O)C2CCC(C)CC2)CC1.CC1CCC(OCOC2CCC(C)CC2)CC1.Cc1ccc(C)cc1.Cc1ccc(C2CCC(C)CC2)cc1. The molecule has 8 aliphatic carbocycles. The molecule has 0 aliphatic heterocycles. The third kappa shape index (κ3) is 28.8. The summed E-state index contributed by atoms with van der Waals surface area (Å²) in [5, 5.41) is 0. The van der Waals surface area contributed by atoms with Crippen LogP contribution in [-0.2, 0) is 19.0 Å². The molecule has 10 rings (SSSR count). The first kappa shape index (κ1) is 69.3. The van der Waals surface area contributed by atoms with Crippen LogP contribution in [-0.4, -0.2) is 31.1 Å². The van der Waals surface area contributed by atoms with Gasteiger partial charge in [-0.1, -0.05) is 199 Å². The van der Waals surface area contributed by atoms with Crippen LogP contribution in [0.4, 0.5) is 0 Å². The fourth-order valence-electron chi connectivity index (χ4n) is 14.1. The fraction of sp³-hybridized carbons (Fsp3) is 0.827. The highest BCUT2D eigenvalue weighted by Crippen LogP contribution is 2.41. The summed E-state index contributed by atoms with van der Waals surface area (Å²) in [4.78, 5) is 12.0. The minimum atomic E-state index is 0. The van der Waals surface area contributed by atoms with Crippen LogP contribution >= 0.6 is 0 Å². The Bertz CT molecular complexity index is 1700. The molecule has 0 radical (unpaired) electrons. The van der Waals surface area contributed by atoms with Gasteiger partial charge in [0.25, 0.3) is 0 Å². The van der Waals surface area contributed by atoms with Gasteiger partial charge in [0.1, 0.15) is 12.9 Å². The maximum Gasteiger partial charge on any atom is 0.309 e. The van der Waals surface area contributed by atoms with E-state index in [2.05, 4.69) is 132 Å². The summed E-state index contributed by atoms with van der Waals surface area (Å²) in [5.74, 6) is 11.8. The molecule has 0 spiro atoms. The molecule has 4 heteroatoms. The van der Waals surface area contributed by atoms with Crippen LogP contribution in [0.1, 0.15) is 303 Å². The van der Waals surface area contributed by atoms with Crippen molar-refractivity contribution in [1.29, 1.82) is 0 Å². The molecule has 0 bridgehead atoms. The molecule has 8 fully saturated rings. The zero-order valence-corrected chi connectivity index (χ0v) is 53.3. The predicted molar refractivity (Wildman–Crippen MR) is 342 cm³/mol. The fourth-order valence-corrected chi connectivity index (χ4v) is 14.1. The first-order chi connectivity index (χ1) is 37.5. The molecule has 0 saturated heterocycles. The molecule has 454 valence electrons. The molecule has 2 aromatic carbocycles. The van der Waals surface area contributed by atoms with Crippen LogP contribution in [0.5, 0.6) is 0 Å². The van der Waals surface area contributed by atoms with E-state index in [1.165, 1.54) is 171 Å². The van der Waals surface area contributed by atoms with Gasteiger partial charge in [-0.3, -0.25) is 4.79 Å². The van der Waals surface area contributed by atoms with Crippen LogP contribution in [0.15, 0.2) is 48.5 Å². The molecule has 0 heterocycles. The third-order valence-electron chi connectivity index (χ3n) is 21.0. The second kappa shape index (κ2) is 38.6. The van der Waals surface area contributed by atoms with E-state index in [1.54, 1.807) is 31.2 Å². The summed E-state index contributed by atoms with van der Waals surface area (Å²) >= 11 is 0. The summed E-state index contributed by atoms with van der Waals surface area (Å²) in [5.41, 5.74) is 5.59. The molecular weight excluding hydrogens is 965 g/mol. The summed E-state index contributed by atoms with van der Waals surface area (Å²) in [6.07, 6.45) is 44.2. The molecule has 2 aromatic rings. The van der Waals surface area contributed by atoms with E-state index in [4.69, 9.17) is 14.2 Å². The lowest BCUT2D eigenvalue weighted by atomic mass is 9.70. The molecule has 0 N–H and O–H groups in total. The number of hydrogen-bond donors (Lipinski definition) is 0. The summed E-state index contributed by atoms with van der Waals surface area (Å²) in [6.45, 7) is 28.1. The van der Waals surface area contributed by atoms with Crippen molar-refractivity contribution in [3.05, 3.63) is 70.8 Å². The number of aryl methyl sites for hydroxylation is 3. The molecule has 8 aliphatic rings. The van der Waals surface area contributed by atoms with Gasteiger partial charge in [0.05, 0.1) is 18.1 Å². The average molecular weight is 1100 g/mol. The molecular formula is C75H130O4. The van der Waals surface area contributed by atoms with Crippen molar-refractivity contribution in [1.82, 2.24) is 0 Å². The van der Waals surface area contributed by atoms with Gasteiger partial charge in [-0.2, -0.15) is 0 Å². The van der Waals surface area contributed by atoms with E-state index in [-0.39, 0.29) is 25.4 Å². The normalized spacial score (nSPS) is 34.6. The van der Waals surface area contributed by atoms with Crippen molar-refractivity contribution in [2.24, 2.45) is 71.0 Å². The highest BCUT2D eigenvalue weighted by molar-refractivity contribution is 5.72. The summed E-state index contributed by atoms with van der Waals surface area (Å²) in [6, 6.07) is 17.6. The maximum absolute atomic E-state index is 12.0. The first-order valence-electron chi connectivity index (χ1n) is 34.0. The lowest BCUT2D eigenvalue weighted by molar-refractivity contribution is -0.157. The number of rotatable bonds is 8. The molecule has 8 saturated carbocycles. The lowest BCUT2D eigenvalue weighted by Gasteiger charge is -2.36. The molecule has 0 amide bonds. The Morgan fingerprint density at radius 2 is 0.570 bits per heavy atom. The zero-order chi connectivity index (χ0) is 56.2. The standard InChI is InChI=1S/C15H28O2.C15H26O2.C14H26.C14H20.C8H16.C8H10.CH4/c1-12-3-7-14(8-4-12)16-11-17-15-9-5-13(2)6-10-15;1-11-3-7-13(8-4-11)15(16)17-14-9-5-12(2)6-10-14;2*1-11-3-7-13(8-4-11)14-9-5-12(2)6-10-14;2*1-7-3-5-8(2)6-4-7;/h12-15H,3-11H2,1-2H3;11-14H,3-10H2,1-2H3;11-14H,3-10H2,1-2H3;3-4,7-8,12,14H,5-6,9-10H2,1-2H3;7-8H,3-6H2,1-2H3;3-6H,1-2H3;1H4. The van der Waals surface area contributed by atoms with Crippen molar-refractivity contribution < 1.29 is 19.0 Å². The second-order valence-electron chi connectivity index (χ2n) is 28.9. The molecule has 0 unspecified atom stereocenters. The van der Waals surface area contributed by atoms with Crippen molar-refractivity contribution in [3.63, 3.8) is 0 Å². The molecule has 4 nitrogen and oxygen atoms in total. The van der Waals surface area contributed by atoms with Crippen molar-refractivity contribution in [2.75, 3.05) is 6.79 Å². The minimum Gasteiger partial charge on any atom is -0.462 e. The Balaban J connectivity index is 0.000000208. The highest BCUT2D eigenvalue weighted by Gasteiger charge is 2.31. The number of benzene rings is 2.